The first-order valence-corrected chi connectivity index (χ1v) is 20.3. The molecule has 4 aromatic rings. The van der Waals surface area contributed by atoms with Gasteiger partial charge in [-0.1, -0.05) is 0 Å². The number of anilines is 2. The van der Waals surface area contributed by atoms with Gasteiger partial charge >= 0.3 is 6.09 Å². The number of nitrogens with zero attached hydrogens (tertiary/aromatic N) is 5. The zero-order valence-electron chi connectivity index (χ0n) is 34.7. The Balaban J connectivity index is 1.14. The first-order valence-electron chi connectivity index (χ1n) is 20.3. The van der Waals surface area contributed by atoms with E-state index in [1.807, 2.05) is 62.4 Å². The summed E-state index contributed by atoms with van der Waals surface area (Å²) in [6.07, 6.45) is 2.92. The van der Waals surface area contributed by atoms with E-state index in [1.165, 1.54) is 0 Å². The van der Waals surface area contributed by atoms with E-state index in [4.69, 9.17) is 4.74 Å². The predicted octanol–water partition coefficient (Wildman–Crippen LogP) is 4.62. The van der Waals surface area contributed by atoms with E-state index in [1.54, 1.807) is 20.8 Å². The summed E-state index contributed by atoms with van der Waals surface area (Å²) in [7, 11) is 0. The van der Waals surface area contributed by atoms with Crippen molar-refractivity contribution in [2.75, 3.05) is 69.5 Å². The van der Waals surface area contributed by atoms with E-state index in [2.05, 4.69) is 56.7 Å². The fourth-order valence-corrected chi connectivity index (χ4v) is 5.85. The lowest BCUT2D eigenvalue weighted by Gasteiger charge is -2.22. The van der Waals surface area contributed by atoms with Crippen molar-refractivity contribution in [1.82, 2.24) is 46.1 Å². The molecular formula is C42H61N11O5. The van der Waals surface area contributed by atoms with Gasteiger partial charge in [0, 0.05) is 93.8 Å². The van der Waals surface area contributed by atoms with Crippen molar-refractivity contribution in [2.45, 2.75) is 85.2 Å². The Kier molecular flexibility index (Phi) is 18.3. The first-order chi connectivity index (χ1) is 27.8. The lowest BCUT2D eigenvalue weighted by Crippen LogP contribution is -2.36. The smallest absolute Gasteiger partial charge is 0.407 e. The van der Waals surface area contributed by atoms with Crippen LogP contribution in [-0.4, -0.2) is 113 Å². The molecule has 0 aliphatic heterocycles. The summed E-state index contributed by atoms with van der Waals surface area (Å²) in [6.45, 7) is 13.9. The Morgan fingerprint density at radius 2 is 0.983 bits per heavy atom. The molecule has 0 spiro atoms. The van der Waals surface area contributed by atoms with Crippen LogP contribution in [0.5, 0.6) is 0 Å². The molecule has 16 heteroatoms. The van der Waals surface area contributed by atoms with E-state index in [9.17, 15) is 19.2 Å². The first kappa shape index (κ1) is 45.1. The largest absolute Gasteiger partial charge is 0.444 e. The monoisotopic (exact) mass is 799 g/mol. The molecule has 0 aliphatic rings. The van der Waals surface area contributed by atoms with E-state index in [0.29, 0.717) is 83.0 Å². The van der Waals surface area contributed by atoms with Crippen molar-refractivity contribution in [1.29, 1.82) is 0 Å². The summed E-state index contributed by atoms with van der Waals surface area (Å²) in [5.74, 6) is 1.25. The molecule has 0 saturated heterocycles. The fourth-order valence-electron chi connectivity index (χ4n) is 5.85. The van der Waals surface area contributed by atoms with Gasteiger partial charge in [0.15, 0.2) is 11.3 Å². The van der Waals surface area contributed by atoms with Crippen LogP contribution in [0.15, 0.2) is 48.5 Å². The van der Waals surface area contributed by atoms with E-state index in [0.717, 1.165) is 46.6 Å². The van der Waals surface area contributed by atoms with Gasteiger partial charge in [0.2, 0.25) is 17.7 Å². The van der Waals surface area contributed by atoms with Crippen molar-refractivity contribution >= 4 is 57.5 Å². The molecular weight excluding hydrogens is 739 g/mol. The second-order valence-electron chi connectivity index (χ2n) is 15.2. The molecule has 0 atom stereocenters. The Bertz CT molecular complexity index is 1840. The molecule has 4 rings (SSSR count). The van der Waals surface area contributed by atoms with Crippen molar-refractivity contribution in [3.05, 3.63) is 59.9 Å². The van der Waals surface area contributed by atoms with E-state index >= 15 is 0 Å². The maximum absolute atomic E-state index is 12.8. The van der Waals surface area contributed by atoms with Crippen LogP contribution in [0.3, 0.4) is 0 Å². The fraction of sp³-hybridized carbons (Fsp3) is 0.524. The van der Waals surface area contributed by atoms with Crippen LogP contribution in [0.4, 0.5) is 16.4 Å². The molecule has 0 bridgehead atoms. The summed E-state index contributed by atoms with van der Waals surface area (Å²) in [6, 6.07) is 15.7. The number of pyridine rings is 4. The number of ether oxygens (including phenoxy) is 1. The Hall–Kier alpha value is -5.64. The topological polar surface area (TPSA) is 204 Å². The van der Waals surface area contributed by atoms with Crippen molar-refractivity contribution < 1.29 is 23.9 Å². The van der Waals surface area contributed by atoms with Crippen LogP contribution in [0.1, 0.15) is 77.1 Å². The summed E-state index contributed by atoms with van der Waals surface area (Å²) < 4.78 is 5.21. The van der Waals surface area contributed by atoms with Gasteiger partial charge in [0.05, 0.1) is 0 Å². The highest BCUT2D eigenvalue weighted by molar-refractivity contribution is 5.78. The van der Waals surface area contributed by atoms with Gasteiger partial charge in [0.1, 0.15) is 17.2 Å². The Morgan fingerprint density at radius 3 is 1.48 bits per heavy atom. The van der Waals surface area contributed by atoms with Gasteiger partial charge in [-0.05, 0) is 115 Å². The normalized spacial score (nSPS) is 11.3. The molecule has 16 nitrogen and oxygen atoms in total. The number of carbonyl (C=O) groups is 4. The van der Waals surface area contributed by atoms with Gasteiger partial charge in [-0.2, -0.15) is 0 Å². The minimum absolute atomic E-state index is 0.0643. The van der Waals surface area contributed by atoms with Crippen molar-refractivity contribution in [3.63, 3.8) is 0 Å². The zero-order valence-corrected chi connectivity index (χ0v) is 34.7. The quantitative estimate of drug-likeness (QED) is 0.0538. The number of aryl methyl sites for hydroxylation is 2. The number of aromatic nitrogens is 4. The van der Waals surface area contributed by atoms with Crippen molar-refractivity contribution in [3.8, 4) is 0 Å². The second-order valence-corrected chi connectivity index (χ2v) is 15.2. The molecule has 0 fully saturated rings. The lowest BCUT2D eigenvalue weighted by atomic mass is 10.2. The third-order valence-corrected chi connectivity index (χ3v) is 8.88. The van der Waals surface area contributed by atoms with Crippen molar-refractivity contribution in [2.24, 2.45) is 0 Å². The average molecular weight is 800 g/mol. The van der Waals surface area contributed by atoms with Gasteiger partial charge in [0.25, 0.3) is 0 Å². The lowest BCUT2D eigenvalue weighted by molar-refractivity contribution is -0.122. The van der Waals surface area contributed by atoms with Gasteiger partial charge in [-0.3, -0.25) is 14.4 Å². The Labute approximate surface area is 341 Å². The summed E-state index contributed by atoms with van der Waals surface area (Å²) in [5, 5.41) is 20.1. The van der Waals surface area contributed by atoms with Crippen LogP contribution in [-0.2, 0) is 19.1 Å². The number of amides is 4. The number of nitrogens with one attached hydrogen (secondary N) is 6. The van der Waals surface area contributed by atoms with Crippen LogP contribution in [0, 0.1) is 13.8 Å². The molecule has 0 aliphatic carbocycles. The average Bonchev–Trinajstić information content (AvgIpc) is 3.17. The van der Waals surface area contributed by atoms with Gasteiger partial charge in [-0.25, -0.2) is 24.7 Å². The molecule has 0 aromatic carbocycles. The number of hydrogen-bond donors (Lipinski definition) is 6. The molecule has 0 radical (unpaired) electrons. The molecule has 4 amide bonds. The number of fused-ring (bicyclic) bond motifs is 2. The summed E-state index contributed by atoms with van der Waals surface area (Å²) in [4.78, 5) is 69.9. The maximum atomic E-state index is 12.8. The highest BCUT2D eigenvalue weighted by Gasteiger charge is 2.16. The minimum Gasteiger partial charge on any atom is -0.444 e. The third-order valence-electron chi connectivity index (χ3n) is 8.88. The van der Waals surface area contributed by atoms with E-state index < -0.39 is 11.7 Å². The third kappa shape index (κ3) is 17.7. The van der Waals surface area contributed by atoms with Crippen LogP contribution in [0.25, 0.3) is 22.1 Å². The Morgan fingerprint density at radius 1 is 0.534 bits per heavy atom. The van der Waals surface area contributed by atoms with E-state index in [-0.39, 0.29) is 37.0 Å². The predicted molar refractivity (Wildman–Crippen MR) is 228 cm³/mol. The second kappa shape index (κ2) is 23.6. The molecule has 0 saturated carbocycles. The minimum atomic E-state index is -0.581. The molecule has 4 aromatic heterocycles. The van der Waals surface area contributed by atoms with Crippen LogP contribution >= 0.6 is 0 Å². The summed E-state index contributed by atoms with van der Waals surface area (Å²) >= 11 is 0. The highest BCUT2D eigenvalue weighted by Crippen LogP contribution is 2.15. The maximum Gasteiger partial charge on any atom is 0.407 e. The summed E-state index contributed by atoms with van der Waals surface area (Å²) in [5.41, 5.74) is 2.64. The standard InChI is InChI=1S/C42H61N11O5/c1-30-11-13-32-15-17-34(51-39(32)49-30)43-22-7-24-45-37(55)19-28-53(27-9-26-47-36(54)10-6-21-48-41(57)58-42(3,4)5)29-20-38(56)46-25-8-23-44-35-18-16-33-14-12-31(2)50-40(33)52-35/h11-18H,6-10,19-29H2,1-5H3,(H,45,55)(H,46,56)(H,47,54)(H,48,57)(H,43,49,51)(H,44,50,52). The number of carbonyl (C=O) groups excluding carboxylic acids is 4. The van der Waals surface area contributed by atoms with Gasteiger partial charge in [-0.15, -0.1) is 0 Å². The molecule has 4 heterocycles. The number of hydrogen-bond acceptors (Lipinski definition) is 12. The highest BCUT2D eigenvalue weighted by atomic mass is 16.6. The zero-order chi connectivity index (χ0) is 41.8. The molecule has 6 N–H and O–H groups in total. The molecule has 58 heavy (non-hydrogen) atoms. The SMILES string of the molecule is Cc1ccc2ccc(NCCCNC(=O)CCN(CCCNC(=O)CCCNC(=O)OC(C)(C)C)CCC(=O)NCCCNc3ccc4ccc(C)nc4n3)nc2n1. The van der Waals surface area contributed by atoms with Gasteiger partial charge < -0.3 is 41.5 Å². The molecule has 0 unspecified atom stereocenters. The molecule has 314 valence electrons. The number of rotatable bonds is 24. The van der Waals surface area contributed by atoms with Crippen LogP contribution < -0.4 is 31.9 Å². The van der Waals surface area contributed by atoms with Crippen LogP contribution in [0.2, 0.25) is 0 Å². The number of alkyl carbamates (subject to hydrolysis) is 1.